The fraction of sp³-hybridized carbons (Fsp3) is 0.714. The summed E-state index contributed by atoms with van der Waals surface area (Å²) in [6.45, 7) is 5.47. The van der Waals surface area contributed by atoms with Crippen molar-refractivity contribution in [3.8, 4) is 0 Å². The van der Waals surface area contributed by atoms with Crippen LogP contribution in [-0.4, -0.2) is 24.0 Å². The molecule has 1 aliphatic rings. The van der Waals surface area contributed by atoms with Crippen LogP contribution < -0.4 is 5.32 Å². The summed E-state index contributed by atoms with van der Waals surface area (Å²) in [6, 6.07) is -0.123. The van der Waals surface area contributed by atoms with E-state index in [-0.39, 0.29) is 12.0 Å². The van der Waals surface area contributed by atoms with Crippen LogP contribution in [0.2, 0.25) is 0 Å². The number of carbonyl (C=O) groups excluding carboxylic acids is 2. The second kappa shape index (κ2) is 6.57. The van der Waals surface area contributed by atoms with Crippen LogP contribution in [0.25, 0.3) is 0 Å². The molecule has 0 saturated carbocycles. The minimum atomic E-state index is -0.512. The van der Waals surface area contributed by atoms with Crippen LogP contribution in [0.1, 0.15) is 46.5 Å². The minimum absolute atomic E-state index is 0.123. The molecule has 0 heterocycles. The SMILES string of the molecule is CC(C)(C)OC(=O)N[C@@H]1CCC=CCC[C@@H]1C=O. The Balaban J connectivity index is 2.58. The van der Waals surface area contributed by atoms with Gasteiger partial charge in [-0.25, -0.2) is 4.79 Å². The molecule has 0 unspecified atom stereocenters. The van der Waals surface area contributed by atoms with Crippen molar-refractivity contribution in [2.45, 2.75) is 58.1 Å². The number of alkyl carbamates (subject to hydrolysis) is 1. The quantitative estimate of drug-likeness (QED) is 0.608. The van der Waals surface area contributed by atoms with Crippen molar-refractivity contribution in [1.82, 2.24) is 5.32 Å². The molecule has 0 spiro atoms. The lowest BCUT2D eigenvalue weighted by Gasteiger charge is -2.27. The zero-order valence-electron chi connectivity index (χ0n) is 11.4. The Morgan fingerprint density at radius 3 is 2.44 bits per heavy atom. The lowest BCUT2D eigenvalue weighted by molar-refractivity contribution is -0.112. The number of amides is 1. The molecule has 0 aromatic rings. The molecule has 1 rings (SSSR count). The van der Waals surface area contributed by atoms with E-state index in [0.717, 1.165) is 32.0 Å². The summed E-state index contributed by atoms with van der Waals surface area (Å²) in [5.74, 6) is -0.123. The number of aldehydes is 1. The van der Waals surface area contributed by atoms with Gasteiger partial charge in [-0.1, -0.05) is 12.2 Å². The van der Waals surface area contributed by atoms with E-state index in [1.807, 2.05) is 20.8 Å². The zero-order valence-corrected chi connectivity index (χ0v) is 11.4. The average Bonchev–Trinajstić information content (AvgIpc) is 2.20. The van der Waals surface area contributed by atoms with E-state index in [0.29, 0.717) is 0 Å². The lowest BCUT2D eigenvalue weighted by atomic mass is 9.90. The Labute approximate surface area is 109 Å². The van der Waals surface area contributed by atoms with Crippen molar-refractivity contribution in [2.24, 2.45) is 5.92 Å². The van der Waals surface area contributed by atoms with E-state index >= 15 is 0 Å². The number of nitrogens with one attached hydrogen (secondary N) is 1. The molecule has 0 saturated heterocycles. The molecule has 0 radical (unpaired) electrons. The number of hydrogen-bond donors (Lipinski definition) is 1. The summed E-state index contributed by atoms with van der Waals surface area (Å²) in [4.78, 5) is 22.8. The molecule has 4 nitrogen and oxygen atoms in total. The number of allylic oxidation sites excluding steroid dienone is 2. The molecule has 1 aliphatic carbocycles. The molecular weight excluding hydrogens is 230 g/mol. The van der Waals surface area contributed by atoms with Crippen LogP contribution in [0, 0.1) is 5.92 Å². The molecule has 2 atom stereocenters. The summed E-state index contributed by atoms with van der Waals surface area (Å²) in [7, 11) is 0. The highest BCUT2D eigenvalue weighted by atomic mass is 16.6. The van der Waals surface area contributed by atoms with Crippen molar-refractivity contribution in [3.63, 3.8) is 0 Å². The van der Waals surface area contributed by atoms with Crippen molar-refractivity contribution in [2.75, 3.05) is 0 Å². The van der Waals surface area contributed by atoms with Gasteiger partial charge in [0.05, 0.1) is 0 Å². The number of carbonyl (C=O) groups is 2. The van der Waals surface area contributed by atoms with Gasteiger partial charge in [0, 0.05) is 12.0 Å². The Kier molecular flexibility index (Phi) is 5.38. The molecule has 18 heavy (non-hydrogen) atoms. The minimum Gasteiger partial charge on any atom is -0.444 e. The lowest BCUT2D eigenvalue weighted by Crippen LogP contribution is -2.43. The molecular formula is C14H23NO3. The standard InChI is InChI=1S/C14H23NO3/c1-14(2,3)18-13(17)15-12-9-7-5-4-6-8-11(12)10-16/h4-5,10-12H,6-9H2,1-3H3,(H,15,17)/t11-,12-/m1/s1. The van der Waals surface area contributed by atoms with Crippen molar-refractivity contribution >= 4 is 12.4 Å². The maximum absolute atomic E-state index is 11.7. The molecule has 0 aromatic carbocycles. The van der Waals surface area contributed by atoms with Gasteiger partial charge in [-0.15, -0.1) is 0 Å². The van der Waals surface area contributed by atoms with E-state index < -0.39 is 11.7 Å². The highest BCUT2D eigenvalue weighted by Crippen LogP contribution is 2.18. The predicted octanol–water partition coefficient (Wildman–Crippen LogP) is 2.83. The first kappa shape index (κ1) is 14.7. The Bertz CT molecular complexity index is 317. The van der Waals surface area contributed by atoms with E-state index in [1.165, 1.54) is 0 Å². The summed E-state index contributed by atoms with van der Waals surface area (Å²) in [6.07, 6.45) is 8.02. The Morgan fingerprint density at radius 1 is 1.28 bits per heavy atom. The van der Waals surface area contributed by atoms with E-state index in [4.69, 9.17) is 4.74 Å². The van der Waals surface area contributed by atoms with Gasteiger partial charge in [-0.05, 0) is 46.5 Å². The van der Waals surface area contributed by atoms with Crippen LogP contribution in [0.15, 0.2) is 12.2 Å². The number of hydrogen-bond acceptors (Lipinski definition) is 3. The monoisotopic (exact) mass is 253 g/mol. The van der Waals surface area contributed by atoms with Crippen LogP contribution in [0.5, 0.6) is 0 Å². The summed E-state index contributed by atoms with van der Waals surface area (Å²) in [5, 5.41) is 2.82. The van der Waals surface area contributed by atoms with Gasteiger partial charge in [0.25, 0.3) is 0 Å². The van der Waals surface area contributed by atoms with Gasteiger partial charge in [-0.3, -0.25) is 0 Å². The first-order valence-electron chi connectivity index (χ1n) is 6.52. The predicted molar refractivity (Wildman–Crippen MR) is 70.3 cm³/mol. The fourth-order valence-electron chi connectivity index (χ4n) is 2.02. The molecule has 0 bridgehead atoms. The average molecular weight is 253 g/mol. The van der Waals surface area contributed by atoms with Crippen LogP contribution >= 0.6 is 0 Å². The van der Waals surface area contributed by atoms with Crippen LogP contribution in [0.3, 0.4) is 0 Å². The van der Waals surface area contributed by atoms with Crippen molar-refractivity contribution < 1.29 is 14.3 Å². The topological polar surface area (TPSA) is 55.4 Å². The third kappa shape index (κ3) is 5.34. The molecule has 4 heteroatoms. The summed E-state index contributed by atoms with van der Waals surface area (Å²) < 4.78 is 5.22. The summed E-state index contributed by atoms with van der Waals surface area (Å²) >= 11 is 0. The highest BCUT2D eigenvalue weighted by Gasteiger charge is 2.25. The number of ether oxygens (including phenoxy) is 1. The van der Waals surface area contributed by atoms with Crippen molar-refractivity contribution in [3.05, 3.63) is 12.2 Å². The molecule has 1 amide bonds. The molecule has 102 valence electrons. The van der Waals surface area contributed by atoms with E-state index in [9.17, 15) is 9.59 Å². The largest absolute Gasteiger partial charge is 0.444 e. The van der Waals surface area contributed by atoms with Gasteiger partial charge in [0.15, 0.2) is 0 Å². The first-order chi connectivity index (χ1) is 8.42. The first-order valence-corrected chi connectivity index (χ1v) is 6.52. The summed E-state index contributed by atoms with van der Waals surface area (Å²) in [5.41, 5.74) is -0.512. The van der Waals surface area contributed by atoms with Crippen LogP contribution in [0.4, 0.5) is 4.79 Å². The second-order valence-electron chi connectivity index (χ2n) is 5.68. The second-order valence-corrected chi connectivity index (χ2v) is 5.68. The smallest absolute Gasteiger partial charge is 0.407 e. The van der Waals surface area contributed by atoms with Gasteiger partial charge in [0.1, 0.15) is 11.9 Å². The molecule has 0 aromatic heterocycles. The van der Waals surface area contributed by atoms with E-state index in [2.05, 4.69) is 17.5 Å². The fourth-order valence-corrected chi connectivity index (χ4v) is 2.02. The Hall–Kier alpha value is -1.32. The van der Waals surface area contributed by atoms with E-state index in [1.54, 1.807) is 0 Å². The normalized spacial score (nSPS) is 24.8. The van der Waals surface area contributed by atoms with Crippen LogP contribution in [-0.2, 0) is 9.53 Å². The molecule has 1 N–H and O–H groups in total. The maximum atomic E-state index is 11.7. The zero-order chi connectivity index (χ0) is 13.6. The third-order valence-corrected chi connectivity index (χ3v) is 2.87. The highest BCUT2D eigenvalue weighted by molar-refractivity contribution is 5.69. The van der Waals surface area contributed by atoms with Gasteiger partial charge >= 0.3 is 6.09 Å². The van der Waals surface area contributed by atoms with Gasteiger partial charge < -0.3 is 14.8 Å². The number of rotatable bonds is 2. The maximum Gasteiger partial charge on any atom is 0.407 e. The van der Waals surface area contributed by atoms with Gasteiger partial charge in [-0.2, -0.15) is 0 Å². The molecule has 0 aliphatic heterocycles. The third-order valence-electron chi connectivity index (χ3n) is 2.87. The molecule has 0 fully saturated rings. The Morgan fingerprint density at radius 2 is 1.89 bits per heavy atom. The van der Waals surface area contributed by atoms with Crippen molar-refractivity contribution in [1.29, 1.82) is 0 Å². The van der Waals surface area contributed by atoms with Gasteiger partial charge in [0.2, 0.25) is 0 Å².